The molecule has 0 unspecified atom stereocenters. The van der Waals surface area contributed by atoms with E-state index in [9.17, 15) is 14.0 Å². The summed E-state index contributed by atoms with van der Waals surface area (Å²) in [5.74, 6) is -1.02. The summed E-state index contributed by atoms with van der Waals surface area (Å²) in [6, 6.07) is 11.2. The number of hydrogen-bond donors (Lipinski definition) is 1. The highest BCUT2D eigenvalue weighted by molar-refractivity contribution is 6.39. The molecule has 0 spiro atoms. The lowest BCUT2D eigenvalue weighted by atomic mass is 10.1. The lowest BCUT2D eigenvalue weighted by Crippen LogP contribution is -2.35. The number of amides is 2. The zero-order chi connectivity index (χ0) is 18.4. The third-order valence-corrected chi connectivity index (χ3v) is 4.23. The second-order valence-electron chi connectivity index (χ2n) is 5.49. The van der Waals surface area contributed by atoms with Gasteiger partial charge in [-0.3, -0.25) is 9.59 Å². The van der Waals surface area contributed by atoms with E-state index in [0.717, 1.165) is 0 Å². The van der Waals surface area contributed by atoms with Gasteiger partial charge in [0, 0.05) is 13.5 Å². The molecular formula is C18H17Cl2FN2O2. The van der Waals surface area contributed by atoms with E-state index in [4.69, 9.17) is 23.2 Å². The number of hydrogen-bond acceptors (Lipinski definition) is 2. The molecule has 0 saturated carbocycles. The number of benzene rings is 2. The number of carbonyl (C=O) groups is 2. The summed E-state index contributed by atoms with van der Waals surface area (Å²) in [6.45, 7) is -0.155. The molecule has 0 bridgehead atoms. The first-order chi connectivity index (χ1) is 11.9. The number of carbonyl (C=O) groups excluding carboxylic acids is 2. The van der Waals surface area contributed by atoms with Crippen molar-refractivity contribution in [2.24, 2.45) is 0 Å². The average molecular weight is 383 g/mol. The van der Waals surface area contributed by atoms with E-state index in [0.29, 0.717) is 21.3 Å². The van der Waals surface area contributed by atoms with E-state index in [-0.39, 0.29) is 31.1 Å². The number of halogens is 3. The van der Waals surface area contributed by atoms with Crippen molar-refractivity contribution < 1.29 is 14.0 Å². The molecule has 0 aliphatic carbocycles. The van der Waals surface area contributed by atoms with Gasteiger partial charge >= 0.3 is 0 Å². The first kappa shape index (κ1) is 19.2. The molecule has 2 amide bonds. The fraction of sp³-hybridized carbons (Fsp3) is 0.222. The van der Waals surface area contributed by atoms with Gasteiger partial charge in [0.25, 0.3) is 0 Å². The molecule has 0 aliphatic heterocycles. The van der Waals surface area contributed by atoms with Gasteiger partial charge in [0.1, 0.15) is 5.82 Å². The Kier molecular flexibility index (Phi) is 6.79. The van der Waals surface area contributed by atoms with E-state index < -0.39 is 5.91 Å². The zero-order valence-corrected chi connectivity index (χ0v) is 15.1. The van der Waals surface area contributed by atoms with Gasteiger partial charge in [-0.05, 0) is 30.2 Å². The fourth-order valence-corrected chi connectivity index (χ4v) is 2.73. The maximum atomic E-state index is 13.6. The number of para-hydroxylation sites is 1. The summed E-state index contributed by atoms with van der Waals surface area (Å²) in [7, 11) is 1.51. The average Bonchev–Trinajstić information content (AvgIpc) is 2.57. The van der Waals surface area contributed by atoms with E-state index in [1.165, 1.54) is 18.0 Å². The Morgan fingerprint density at radius 2 is 1.72 bits per heavy atom. The number of aryl methyl sites for hydroxylation is 1. The number of nitrogens with one attached hydrogen (secondary N) is 1. The monoisotopic (exact) mass is 382 g/mol. The lowest BCUT2D eigenvalue weighted by Gasteiger charge is -2.17. The van der Waals surface area contributed by atoms with Gasteiger partial charge in [-0.25, -0.2) is 4.39 Å². The summed E-state index contributed by atoms with van der Waals surface area (Å²) < 4.78 is 13.6. The summed E-state index contributed by atoms with van der Waals surface area (Å²) in [6.07, 6.45) is 0.380. The molecule has 2 aromatic rings. The molecule has 2 aromatic carbocycles. The standard InChI is InChI=1S/C18H17Cl2FN2O2/c1-23(17(25)10-9-12-5-2-3-8-15(12)21)11-16(24)22-18-13(19)6-4-7-14(18)20/h2-8H,9-11H2,1H3,(H,22,24). The van der Waals surface area contributed by atoms with Crippen LogP contribution in [0.5, 0.6) is 0 Å². The van der Waals surface area contributed by atoms with Crippen molar-refractivity contribution in [2.45, 2.75) is 12.8 Å². The molecule has 4 nitrogen and oxygen atoms in total. The van der Waals surface area contributed by atoms with Gasteiger partial charge in [-0.15, -0.1) is 0 Å². The van der Waals surface area contributed by atoms with Crippen molar-refractivity contribution in [1.29, 1.82) is 0 Å². The van der Waals surface area contributed by atoms with E-state index in [1.807, 2.05) is 0 Å². The summed E-state index contributed by atoms with van der Waals surface area (Å²) >= 11 is 12.0. The molecule has 1 N–H and O–H groups in total. The molecule has 0 heterocycles. The SMILES string of the molecule is CN(CC(=O)Nc1c(Cl)cccc1Cl)C(=O)CCc1ccccc1F. The smallest absolute Gasteiger partial charge is 0.244 e. The predicted molar refractivity (Wildman–Crippen MR) is 97.4 cm³/mol. The quantitative estimate of drug-likeness (QED) is 0.814. The first-order valence-electron chi connectivity index (χ1n) is 7.59. The van der Waals surface area contributed by atoms with Crippen molar-refractivity contribution >= 4 is 40.7 Å². The Hall–Kier alpha value is -2.11. The number of anilines is 1. The van der Waals surface area contributed by atoms with Gasteiger partial charge in [0.2, 0.25) is 11.8 Å². The van der Waals surface area contributed by atoms with Gasteiger partial charge in [-0.1, -0.05) is 47.5 Å². The van der Waals surface area contributed by atoms with Gasteiger partial charge < -0.3 is 10.2 Å². The van der Waals surface area contributed by atoms with Crippen LogP contribution >= 0.6 is 23.2 Å². The van der Waals surface area contributed by atoms with Crippen LogP contribution in [0.3, 0.4) is 0 Å². The van der Waals surface area contributed by atoms with E-state index in [2.05, 4.69) is 5.32 Å². The Morgan fingerprint density at radius 3 is 2.36 bits per heavy atom. The second kappa shape index (κ2) is 8.83. The topological polar surface area (TPSA) is 49.4 Å². The first-order valence-corrected chi connectivity index (χ1v) is 8.35. The molecule has 0 radical (unpaired) electrons. The van der Waals surface area contributed by atoms with Crippen molar-refractivity contribution in [3.05, 3.63) is 63.9 Å². The van der Waals surface area contributed by atoms with Crippen LogP contribution < -0.4 is 5.32 Å². The van der Waals surface area contributed by atoms with Crippen LogP contribution in [0.15, 0.2) is 42.5 Å². The van der Waals surface area contributed by atoms with Gasteiger partial charge in [0.05, 0.1) is 22.3 Å². The summed E-state index contributed by atoms with van der Waals surface area (Å²) in [5, 5.41) is 3.22. The van der Waals surface area contributed by atoms with Crippen LogP contribution in [-0.2, 0) is 16.0 Å². The molecule has 0 aromatic heterocycles. The Morgan fingerprint density at radius 1 is 1.08 bits per heavy atom. The molecule has 0 saturated heterocycles. The van der Waals surface area contributed by atoms with Crippen LogP contribution in [0.1, 0.15) is 12.0 Å². The Labute approximate surface area is 155 Å². The number of likely N-dealkylation sites (N-methyl/N-ethyl adjacent to an activating group) is 1. The number of rotatable bonds is 6. The molecule has 0 aliphatic rings. The van der Waals surface area contributed by atoms with Crippen molar-refractivity contribution in [3.8, 4) is 0 Å². The van der Waals surface area contributed by atoms with Gasteiger partial charge in [-0.2, -0.15) is 0 Å². The normalized spacial score (nSPS) is 10.4. The Balaban J connectivity index is 1.88. The molecule has 2 rings (SSSR count). The minimum absolute atomic E-state index is 0.109. The predicted octanol–water partition coefficient (Wildman–Crippen LogP) is 4.16. The van der Waals surface area contributed by atoms with Crippen molar-refractivity contribution in [1.82, 2.24) is 4.90 Å². The highest BCUT2D eigenvalue weighted by Crippen LogP contribution is 2.29. The van der Waals surface area contributed by atoms with Crippen LogP contribution in [0.2, 0.25) is 10.0 Å². The zero-order valence-electron chi connectivity index (χ0n) is 13.6. The lowest BCUT2D eigenvalue weighted by molar-refractivity contribution is -0.133. The highest BCUT2D eigenvalue weighted by atomic mass is 35.5. The molecule has 132 valence electrons. The third kappa shape index (κ3) is 5.44. The summed E-state index contributed by atoms with van der Waals surface area (Å²) in [5.41, 5.74) is 0.777. The van der Waals surface area contributed by atoms with E-state index >= 15 is 0 Å². The fourth-order valence-electron chi connectivity index (χ4n) is 2.23. The number of nitrogens with zero attached hydrogens (tertiary/aromatic N) is 1. The molecule has 25 heavy (non-hydrogen) atoms. The highest BCUT2D eigenvalue weighted by Gasteiger charge is 2.15. The van der Waals surface area contributed by atoms with Crippen molar-refractivity contribution in [2.75, 3.05) is 18.9 Å². The Bertz CT molecular complexity index is 763. The minimum atomic E-state index is -0.420. The van der Waals surface area contributed by atoms with Crippen LogP contribution in [-0.4, -0.2) is 30.3 Å². The minimum Gasteiger partial charge on any atom is -0.336 e. The maximum Gasteiger partial charge on any atom is 0.244 e. The third-order valence-electron chi connectivity index (χ3n) is 3.60. The largest absolute Gasteiger partial charge is 0.336 e. The molecular weight excluding hydrogens is 366 g/mol. The molecule has 7 heteroatoms. The molecule has 0 atom stereocenters. The van der Waals surface area contributed by atoms with Gasteiger partial charge in [0.15, 0.2) is 0 Å². The second-order valence-corrected chi connectivity index (χ2v) is 6.30. The van der Waals surface area contributed by atoms with Crippen LogP contribution in [0.25, 0.3) is 0 Å². The van der Waals surface area contributed by atoms with Crippen LogP contribution in [0, 0.1) is 5.82 Å². The van der Waals surface area contributed by atoms with E-state index in [1.54, 1.807) is 36.4 Å². The summed E-state index contributed by atoms with van der Waals surface area (Å²) in [4.78, 5) is 25.5. The molecule has 0 fully saturated rings. The maximum absolute atomic E-state index is 13.6. The van der Waals surface area contributed by atoms with Crippen molar-refractivity contribution in [3.63, 3.8) is 0 Å². The van der Waals surface area contributed by atoms with Crippen LogP contribution in [0.4, 0.5) is 10.1 Å².